The molecule has 4 heterocycles. The Labute approximate surface area is 286 Å². The molecule has 4 aliphatic heterocycles. The van der Waals surface area contributed by atoms with Crippen LogP contribution >= 0.6 is 27.5 Å². The number of hydrogen-bond donors (Lipinski definition) is 1. The Hall–Kier alpha value is -2.62. The van der Waals surface area contributed by atoms with Crippen LogP contribution < -0.4 is 5.32 Å². The standard InChI is InChI=1S/C36H47BrClN5O3/c1-24-19-25(21-31(37)34(24)38)20-29(35(45)42-15-9-27(10-16-42)26-7-13-40(2)14-8-26)22-33(44)41-17-11-30(12-18-41)43-23-28-5-3-4-6-32(28)39-36(43)46/h3-6,19,21,26-27,29-30H,7-18,20,22-23H2,1-2H3,(H,39,46). The number of fused-ring (bicyclic) bond motifs is 1. The number of nitrogens with one attached hydrogen (secondary N) is 1. The van der Waals surface area contributed by atoms with E-state index in [1.165, 1.54) is 25.9 Å². The quantitative estimate of drug-likeness (QED) is 0.352. The van der Waals surface area contributed by atoms with Gasteiger partial charge in [0.1, 0.15) is 0 Å². The van der Waals surface area contributed by atoms with Crippen molar-refractivity contribution in [3.63, 3.8) is 0 Å². The Kier molecular flexibility index (Phi) is 10.6. The Bertz CT molecular complexity index is 1410. The van der Waals surface area contributed by atoms with Crippen molar-refractivity contribution in [1.82, 2.24) is 19.6 Å². The number of carbonyl (C=O) groups is 3. The first-order chi connectivity index (χ1) is 22.2. The molecule has 0 saturated carbocycles. The fourth-order valence-electron chi connectivity index (χ4n) is 8.08. The van der Waals surface area contributed by atoms with Crippen LogP contribution in [0.1, 0.15) is 61.6 Å². The van der Waals surface area contributed by atoms with Gasteiger partial charge in [-0.1, -0.05) is 35.9 Å². The van der Waals surface area contributed by atoms with Crippen molar-refractivity contribution in [3.05, 3.63) is 62.6 Å². The fourth-order valence-corrected chi connectivity index (χ4v) is 8.80. The summed E-state index contributed by atoms with van der Waals surface area (Å²) in [4.78, 5) is 49.1. The number of aryl methyl sites for hydroxylation is 1. The van der Waals surface area contributed by atoms with Crippen molar-refractivity contribution in [2.24, 2.45) is 17.8 Å². The van der Waals surface area contributed by atoms with E-state index in [9.17, 15) is 14.4 Å². The van der Waals surface area contributed by atoms with Gasteiger partial charge in [-0.3, -0.25) is 9.59 Å². The highest BCUT2D eigenvalue weighted by Crippen LogP contribution is 2.34. The number of carbonyl (C=O) groups excluding carboxylic acids is 3. The molecule has 0 bridgehead atoms. The second kappa shape index (κ2) is 14.7. The smallest absolute Gasteiger partial charge is 0.322 e. The molecule has 4 aliphatic rings. The van der Waals surface area contributed by atoms with Crippen molar-refractivity contribution in [2.75, 3.05) is 51.6 Å². The highest BCUT2D eigenvalue weighted by atomic mass is 79.9. The third-order valence-corrected chi connectivity index (χ3v) is 12.3. The highest BCUT2D eigenvalue weighted by Gasteiger charge is 2.36. The minimum absolute atomic E-state index is 0.0243. The SMILES string of the molecule is Cc1cc(CC(CC(=O)N2CCC(N3Cc4ccccc4NC3=O)CC2)C(=O)N2CCC(C3CCN(C)CC3)CC2)cc(Br)c1Cl. The van der Waals surface area contributed by atoms with Crippen LogP contribution in [-0.2, 0) is 22.6 Å². The molecule has 4 amide bonds. The van der Waals surface area contributed by atoms with Gasteiger partial charge in [0.05, 0.1) is 10.9 Å². The molecular weight excluding hydrogens is 666 g/mol. The van der Waals surface area contributed by atoms with Gasteiger partial charge in [-0.25, -0.2) is 4.79 Å². The van der Waals surface area contributed by atoms with Gasteiger partial charge in [0.2, 0.25) is 11.8 Å². The maximum Gasteiger partial charge on any atom is 0.322 e. The van der Waals surface area contributed by atoms with Crippen molar-refractivity contribution in [1.29, 1.82) is 0 Å². The predicted molar refractivity (Wildman–Crippen MR) is 186 cm³/mol. The highest BCUT2D eigenvalue weighted by molar-refractivity contribution is 9.10. The van der Waals surface area contributed by atoms with E-state index in [-0.39, 0.29) is 30.3 Å². The molecular formula is C36H47BrClN5O3. The second-order valence-corrected chi connectivity index (χ2v) is 15.2. The molecule has 0 aliphatic carbocycles. The number of benzene rings is 2. The maximum atomic E-state index is 14.1. The molecule has 3 fully saturated rings. The Balaban J connectivity index is 1.09. The van der Waals surface area contributed by atoms with Crippen LogP contribution in [0.4, 0.5) is 10.5 Å². The number of piperidine rings is 3. The minimum atomic E-state index is -0.429. The molecule has 2 aromatic carbocycles. The van der Waals surface area contributed by atoms with Gasteiger partial charge < -0.3 is 24.9 Å². The van der Waals surface area contributed by atoms with E-state index in [1.54, 1.807) is 0 Å². The number of para-hydroxylation sites is 1. The summed E-state index contributed by atoms with van der Waals surface area (Å²) in [7, 11) is 2.20. The predicted octanol–water partition coefficient (Wildman–Crippen LogP) is 6.58. The number of urea groups is 1. The summed E-state index contributed by atoms with van der Waals surface area (Å²) < 4.78 is 0.812. The Morgan fingerprint density at radius 2 is 1.57 bits per heavy atom. The molecule has 1 unspecified atom stereocenters. The molecule has 2 aromatic rings. The van der Waals surface area contributed by atoms with Crippen LogP contribution in [0.3, 0.4) is 0 Å². The van der Waals surface area contributed by atoms with Crippen molar-refractivity contribution in [2.45, 2.75) is 70.9 Å². The molecule has 8 nitrogen and oxygen atoms in total. The first kappa shape index (κ1) is 33.3. The van der Waals surface area contributed by atoms with E-state index < -0.39 is 5.92 Å². The van der Waals surface area contributed by atoms with Gasteiger partial charge in [-0.05, 0) is 129 Å². The van der Waals surface area contributed by atoms with Crippen LogP contribution in [-0.4, -0.2) is 89.8 Å². The molecule has 0 aromatic heterocycles. The van der Waals surface area contributed by atoms with Crippen molar-refractivity contribution < 1.29 is 14.4 Å². The lowest BCUT2D eigenvalue weighted by atomic mass is 9.78. The third-order valence-electron chi connectivity index (χ3n) is 10.9. The van der Waals surface area contributed by atoms with E-state index in [0.717, 1.165) is 71.5 Å². The largest absolute Gasteiger partial charge is 0.343 e. The zero-order valence-electron chi connectivity index (χ0n) is 27.1. The number of rotatable bonds is 7. The fraction of sp³-hybridized carbons (Fsp3) is 0.583. The number of anilines is 1. The summed E-state index contributed by atoms with van der Waals surface area (Å²) >= 11 is 10.0. The van der Waals surface area contributed by atoms with Gasteiger partial charge >= 0.3 is 6.03 Å². The van der Waals surface area contributed by atoms with E-state index in [1.807, 2.05) is 52.0 Å². The number of halogens is 2. The van der Waals surface area contributed by atoms with Crippen LogP contribution in [0.5, 0.6) is 0 Å². The molecule has 248 valence electrons. The molecule has 1 N–H and O–H groups in total. The zero-order chi connectivity index (χ0) is 32.4. The summed E-state index contributed by atoms with van der Waals surface area (Å²) in [6.45, 7) is 7.61. The monoisotopic (exact) mass is 711 g/mol. The lowest BCUT2D eigenvalue weighted by Gasteiger charge is -2.41. The molecule has 1 atom stereocenters. The summed E-state index contributed by atoms with van der Waals surface area (Å²) in [6.07, 6.45) is 6.76. The van der Waals surface area contributed by atoms with Gasteiger partial charge in [0, 0.05) is 55.3 Å². The van der Waals surface area contributed by atoms with Crippen molar-refractivity contribution in [3.8, 4) is 0 Å². The van der Waals surface area contributed by atoms with Gasteiger partial charge in [0.25, 0.3) is 0 Å². The molecule has 0 spiro atoms. The molecule has 6 rings (SSSR count). The normalized spacial score (nSPS) is 21.2. The Morgan fingerprint density at radius 3 is 2.24 bits per heavy atom. The van der Waals surface area contributed by atoms with E-state index in [0.29, 0.717) is 37.0 Å². The van der Waals surface area contributed by atoms with Gasteiger partial charge in [-0.15, -0.1) is 0 Å². The average Bonchev–Trinajstić information content (AvgIpc) is 3.06. The van der Waals surface area contributed by atoms with E-state index in [4.69, 9.17) is 11.6 Å². The maximum absolute atomic E-state index is 14.1. The first-order valence-corrected chi connectivity index (χ1v) is 18.2. The summed E-state index contributed by atoms with van der Waals surface area (Å²) in [5.74, 6) is 1.13. The summed E-state index contributed by atoms with van der Waals surface area (Å²) in [6, 6.07) is 11.9. The van der Waals surface area contributed by atoms with E-state index >= 15 is 0 Å². The van der Waals surface area contributed by atoms with E-state index in [2.05, 4.69) is 39.3 Å². The van der Waals surface area contributed by atoms with Crippen LogP contribution in [0.2, 0.25) is 5.02 Å². The second-order valence-electron chi connectivity index (χ2n) is 13.9. The molecule has 10 heteroatoms. The van der Waals surface area contributed by atoms with Crippen molar-refractivity contribution >= 4 is 51.1 Å². The number of nitrogens with zero attached hydrogens (tertiary/aromatic N) is 4. The number of amides is 4. The number of hydrogen-bond acceptors (Lipinski definition) is 4. The van der Waals surface area contributed by atoms with Crippen LogP contribution in [0.15, 0.2) is 40.9 Å². The summed E-state index contributed by atoms with van der Waals surface area (Å²) in [5.41, 5.74) is 3.95. The average molecular weight is 713 g/mol. The summed E-state index contributed by atoms with van der Waals surface area (Å²) in [5, 5.41) is 3.69. The lowest BCUT2D eigenvalue weighted by Crippen LogP contribution is -2.51. The van der Waals surface area contributed by atoms with Crippen LogP contribution in [0.25, 0.3) is 0 Å². The van der Waals surface area contributed by atoms with Crippen LogP contribution in [0, 0.1) is 24.7 Å². The third kappa shape index (κ3) is 7.57. The van der Waals surface area contributed by atoms with Gasteiger partial charge in [0.15, 0.2) is 0 Å². The topological polar surface area (TPSA) is 76.2 Å². The number of likely N-dealkylation sites (tertiary alicyclic amines) is 3. The Morgan fingerprint density at radius 1 is 0.935 bits per heavy atom. The molecule has 46 heavy (non-hydrogen) atoms. The molecule has 0 radical (unpaired) electrons. The minimum Gasteiger partial charge on any atom is -0.343 e. The first-order valence-electron chi connectivity index (χ1n) is 17.0. The van der Waals surface area contributed by atoms with Gasteiger partial charge in [-0.2, -0.15) is 0 Å². The lowest BCUT2D eigenvalue weighted by molar-refractivity contribution is -0.143. The molecule has 3 saturated heterocycles. The zero-order valence-corrected chi connectivity index (χ0v) is 29.5.